The summed E-state index contributed by atoms with van der Waals surface area (Å²) in [6.07, 6.45) is 5.12. The molecular weight excluding hydrogens is 412 g/mol. The van der Waals surface area contributed by atoms with Crippen molar-refractivity contribution in [1.29, 1.82) is 0 Å². The van der Waals surface area contributed by atoms with Crippen LogP contribution in [0.25, 0.3) is 11.1 Å². The maximum absolute atomic E-state index is 12.5. The van der Waals surface area contributed by atoms with Crippen LogP contribution in [0, 0.1) is 5.41 Å². The van der Waals surface area contributed by atoms with Crippen molar-refractivity contribution in [1.82, 2.24) is 5.32 Å². The number of nitrogens with two attached hydrogens (primary N) is 1. The zero-order chi connectivity index (χ0) is 22.6. The van der Waals surface area contributed by atoms with Crippen LogP contribution in [0.1, 0.15) is 36.8 Å². The number of ether oxygens (including phenoxy) is 1. The van der Waals surface area contributed by atoms with Crippen molar-refractivity contribution >= 4 is 15.7 Å². The van der Waals surface area contributed by atoms with Gasteiger partial charge in [0.05, 0.1) is 18.3 Å². The Bertz CT molecular complexity index is 1020. The van der Waals surface area contributed by atoms with Crippen molar-refractivity contribution in [2.45, 2.75) is 43.9 Å². The lowest BCUT2D eigenvalue weighted by Gasteiger charge is -2.38. The molecule has 0 spiro atoms. The molecule has 2 aromatic carbocycles. The molecule has 1 aliphatic carbocycles. The van der Waals surface area contributed by atoms with Gasteiger partial charge in [-0.1, -0.05) is 30.3 Å². The molecular formula is C24H32N2O4S. The second-order valence-corrected chi connectivity index (χ2v) is 10.8. The first-order valence-corrected chi connectivity index (χ1v) is 12.6. The number of hydrogen-bond donors (Lipinski definition) is 2. The van der Waals surface area contributed by atoms with Crippen LogP contribution in [-0.2, 0) is 26.8 Å². The SMILES string of the molecule is CNC1CCC(Cc2cc(-c3ccc(CS(C)(=O)=O)cc3)ccc2OC)(C(N)=O)CC1. The van der Waals surface area contributed by atoms with Crippen molar-refractivity contribution in [3.63, 3.8) is 0 Å². The standard InChI is InChI=1S/C24H32N2O4S/c1-26-21-10-12-24(13-11-21,23(25)27)15-20-14-19(8-9-22(20)30-2)18-6-4-17(5-7-18)16-31(3,28)29/h4-9,14,21,26H,10-13,15-16H2,1-3H3,(H2,25,27). The third kappa shape index (κ3) is 5.66. The highest BCUT2D eigenvalue weighted by Crippen LogP contribution is 2.41. The molecule has 0 saturated heterocycles. The molecule has 7 heteroatoms. The van der Waals surface area contributed by atoms with Crippen LogP contribution in [0.4, 0.5) is 0 Å². The lowest BCUT2D eigenvalue weighted by Crippen LogP contribution is -2.45. The molecule has 1 saturated carbocycles. The molecule has 3 N–H and O–H groups in total. The molecule has 0 unspecified atom stereocenters. The molecule has 0 atom stereocenters. The van der Waals surface area contributed by atoms with Crippen molar-refractivity contribution < 1.29 is 17.9 Å². The van der Waals surface area contributed by atoms with Gasteiger partial charge in [0.15, 0.2) is 9.84 Å². The summed E-state index contributed by atoms with van der Waals surface area (Å²) in [6, 6.07) is 13.9. The van der Waals surface area contributed by atoms with Gasteiger partial charge in [0.25, 0.3) is 0 Å². The third-order valence-electron chi connectivity index (χ3n) is 6.40. The molecule has 1 aliphatic rings. The topological polar surface area (TPSA) is 98.5 Å². The largest absolute Gasteiger partial charge is 0.496 e. The maximum Gasteiger partial charge on any atom is 0.223 e. The average Bonchev–Trinajstić information content (AvgIpc) is 2.73. The summed E-state index contributed by atoms with van der Waals surface area (Å²) in [7, 11) is 0.514. The zero-order valence-electron chi connectivity index (χ0n) is 18.5. The van der Waals surface area contributed by atoms with E-state index in [0.717, 1.165) is 53.7 Å². The van der Waals surface area contributed by atoms with Crippen LogP contribution >= 0.6 is 0 Å². The highest BCUT2D eigenvalue weighted by Gasteiger charge is 2.40. The normalized spacial score (nSPS) is 21.6. The van der Waals surface area contributed by atoms with E-state index < -0.39 is 15.3 Å². The molecule has 6 nitrogen and oxygen atoms in total. The first kappa shape index (κ1) is 23.3. The van der Waals surface area contributed by atoms with Gasteiger partial charge in [0.1, 0.15) is 5.75 Å². The predicted octanol–water partition coefficient (Wildman–Crippen LogP) is 3.08. The molecule has 0 radical (unpaired) electrons. The average molecular weight is 445 g/mol. The fourth-order valence-electron chi connectivity index (χ4n) is 4.53. The van der Waals surface area contributed by atoms with E-state index >= 15 is 0 Å². The van der Waals surface area contributed by atoms with Gasteiger partial charge in [-0.2, -0.15) is 0 Å². The molecule has 0 aromatic heterocycles. The number of carbonyl (C=O) groups excluding carboxylic acids is 1. The second kappa shape index (κ2) is 9.40. The number of primary amides is 1. The molecule has 3 rings (SSSR count). The van der Waals surface area contributed by atoms with Crippen LogP contribution in [0.2, 0.25) is 0 Å². The van der Waals surface area contributed by atoms with Crippen LogP contribution in [0.5, 0.6) is 5.75 Å². The second-order valence-electron chi connectivity index (χ2n) is 8.68. The number of hydrogen-bond acceptors (Lipinski definition) is 5. The maximum atomic E-state index is 12.5. The summed E-state index contributed by atoms with van der Waals surface area (Å²) in [5.41, 5.74) is 9.01. The fraction of sp³-hybridized carbons (Fsp3) is 0.458. The Morgan fingerprint density at radius 1 is 1.13 bits per heavy atom. The zero-order valence-corrected chi connectivity index (χ0v) is 19.3. The van der Waals surface area contributed by atoms with Gasteiger partial charge in [-0.15, -0.1) is 0 Å². The first-order chi connectivity index (χ1) is 14.7. The van der Waals surface area contributed by atoms with E-state index in [1.165, 1.54) is 6.26 Å². The van der Waals surface area contributed by atoms with Gasteiger partial charge < -0.3 is 15.8 Å². The smallest absolute Gasteiger partial charge is 0.223 e. The minimum Gasteiger partial charge on any atom is -0.496 e. The van der Waals surface area contributed by atoms with Crippen molar-refractivity contribution in [3.05, 3.63) is 53.6 Å². The quantitative estimate of drug-likeness (QED) is 0.652. The molecule has 0 aliphatic heterocycles. The van der Waals surface area contributed by atoms with Gasteiger partial charge in [-0.25, -0.2) is 8.42 Å². The number of carbonyl (C=O) groups is 1. The molecule has 1 amide bonds. The van der Waals surface area contributed by atoms with E-state index in [1.807, 2.05) is 43.4 Å². The summed E-state index contributed by atoms with van der Waals surface area (Å²) in [4.78, 5) is 12.5. The minimum absolute atomic E-state index is 0.0237. The summed E-state index contributed by atoms with van der Waals surface area (Å²) >= 11 is 0. The van der Waals surface area contributed by atoms with Crippen LogP contribution in [0.15, 0.2) is 42.5 Å². The van der Waals surface area contributed by atoms with Gasteiger partial charge in [-0.3, -0.25) is 4.79 Å². The first-order valence-electron chi connectivity index (χ1n) is 10.6. The molecule has 168 valence electrons. The fourth-order valence-corrected chi connectivity index (χ4v) is 5.32. The molecule has 2 aromatic rings. The summed E-state index contributed by atoms with van der Waals surface area (Å²) < 4.78 is 28.6. The van der Waals surface area contributed by atoms with Crippen molar-refractivity contribution in [3.8, 4) is 16.9 Å². The number of nitrogens with one attached hydrogen (secondary N) is 1. The van der Waals surface area contributed by atoms with Crippen LogP contribution in [0.3, 0.4) is 0 Å². The lowest BCUT2D eigenvalue weighted by molar-refractivity contribution is -0.129. The highest BCUT2D eigenvalue weighted by atomic mass is 32.2. The van der Waals surface area contributed by atoms with Crippen LogP contribution < -0.4 is 15.8 Å². The van der Waals surface area contributed by atoms with Gasteiger partial charge in [-0.05, 0) is 73.5 Å². The summed E-state index contributed by atoms with van der Waals surface area (Å²) in [5.74, 6) is 0.518. The minimum atomic E-state index is -3.07. The Morgan fingerprint density at radius 3 is 2.26 bits per heavy atom. The highest BCUT2D eigenvalue weighted by molar-refractivity contribution is 7.89. The summed E-state index contributed by atoms with van der Waals surface area (Å²) in [5, 5.41) is 3.30. The number of sulfone groups is 1. The molecule has 0 bridgehead atoms. The Kier molecular flexibility index (Phi) is 7.06. The van der Waals surface area contributed by atoms with E-state index in [-0.39, 0.29) is 11.7 Å². The predicted molar refractivity (Wildman–Crippen MR) is 124 cm³/mol. The number of amides is 1. The van der Waals surface area contributed by atoms with E-state index in [9.17, 15) is 13.2 Å². The van der Waals surface area contributed by atoms with E-state index in [2.05, 4.69) is 11.4 Å². The number of methoxy groups -OCH3 is 1. The van der Waals surface area contributed by atoms with Crippen molar-refractivity contribution in [2.24, 2.45) is 11.1 Å². The molecule has 31 heavy (non-hydrogen) atoms. The Hall–Kier alpha value is -2.38. The molecule has 1 fully saturated rings. The van der Waals surface area contributed by atoms with Gasteiger partial charge in [0, 0.05) is 12.3 Å². The molecule has 0 heterocycles. The third-order valence-corrected chi connectivity index (χ3v) is 7.26. The Balaban J connectivity index is 1.89. The van der Waals surface area contributed by atoms with Gasteiger partial charge in [0.2, 0.25) is 5.91 Å². The van der Waals surface area contributed by atoms with E-state index in [1.54, 1.807) is 7.11 Å². The van der Waals surface area contributed by atoms with Crippen molar-refractivity contribution in [2.75, 3.05) is 20.4 Å². The van der Waals surface area contributed by atoms with Crippen LogP contribution in [-0.4, -0.2) is 40.8 Å². The lowest BCUT2D eigenvalue weighted by atomic mass is 9.68. The van der Waals surface area contributed by atoms with E-state index in [4.69, 9.17) is 10.5 Å². The Labute approximate surface area is 185 Å². The number of benzene rings is 2. The van der Waals surface area contributed by atoms with E-state index in [0.29, 0.717) is 12.5 Å². The summed E-state index contributed by atoms with van der Waals surface area (Å²) in [6.45, 7) is 0. The Morgan fingerprint density at radius 2 is 1.74 bits per heavy atom. The number of rotatable bonds is 8. The van der Waals surface area contributed by atoms with Gasteiger partial charge >= 0.3 is 0 Å². The monoisotopic (exact) mass is 444 g/mol.